The van der Waals surface area contributed by atoms with Crippen LogP contribution in [0.15, 0.2) is 16.9 Å². The number of nitrogens with zero attached hydrogens (tertiary/aromatic N) is 3. The van der Waals surface area contributed by atoms with Crippen LogP contribution < -0.4 is 0 Å². The molecule has 2 aromatic heterocycles. The summed E-state index contributed by atoms with van der Waals surface area (Å²) in [5.74, 6) is 1.86. The fraction of sp³-hybridized carbons (Fsp3) is 0.667. The normalized spacial score (nSPS) is 31.8. The molecule has 0 saturated heterocycles. The minimum atomic E-state index is 0.137. The van der Waals surface area contributed by atoms with Gasteiger partial charge in [-0.25, -0.2) is 0 Å². The minimum absolute atomic E-state index is 0.137. The third kappa shape index (κ3) is 1.39. The van der Waals surface area contributed by atoms with Crippen LogP contribution in [0.1, 0.15) is 61.6 Å². The van der Waals surface area contributed by atoms with Crippen molar-refractivity contribution in [3.63, 3.8) is 0 Å². The molecule has 0 unspecified atom stereocenters. The van der Waals surface area contributed by atoms with E-state index in [1.54, 1.807) is 0 Å². The molecule has 1 saturated carbocycles. The van der Waals surface area contributed by atoms with Crippen molar-refractivity contribution in [1.82, 2.24) is 14.9 Å². The topological polar surface area (TPSA) is 43.9 Å². The van der Waals surface area contributed by atoms with Gasteiger partial charge in [-0.3, -0.25) is 4.68 Å². The number of aryl methyl sites for hydroxylation is 2. The fourth-order valence-electron chi connectivity index (χ4n) is 6.01. The third-order valence-corrected chi connectivity index (χ3v) is 6.73. The lowest BCUT2D eigenvalue weighted by Gasteiger charge is -2.52. The molecule has 2 atom stereocenters. The van der Waals surface area contributed by atoms with Crippen molar-refractivity contribution in [1.29, 1.82) is 0 Å². The molecular formula is C18H23N3O. The highest BCUT2D eigenvalue weighted by molar-refractivity contribution is 5.42. The van der Waals surface area contributed by atoms with Gasteiger partial charge in [0.1, 0.15) is 5.76 Å². The van der Waals surface area contributed by atoms with Gasteiger partial charge >= 0.3 is 0 Å². The molecule has 2 heterocycles. The van der Waals surface area contributed by atoms with Gasteiger partial charge in [0.05, 0.1) is 11.9 Å². The van der Waals surface area contributed by atoms with E-state index in [9.17, 15) is 0 Å². The zero-order valence-electron chi connectivity index (χ0n) is 13.4. The molecule has 5 rings (SSSR count). The summed E-state index contributed by atoms with van der Waals surface area (Å²) < 4.78 is 7.81. The Morgan fingerprint density at radius 1 is 1.27 bits per heavy atom. The molecular weight excluding hydrogens is 274 g/mol. The average Bonchev–Trinajstić information content (AvgIpc) is 3.18. The van der Waals surface area contributed by atoms with Gasteiger partial charge in [-0.2, -0.15) is 5.10 Å². The second-order valence-electron chi connectivity index (χ2n) is 7.91. The highest BCUT2D eigenvalue weighted by atomic mass is 16.5. The van der Waals surface area contributed by atoms with Crippen LogP contribution >= 0.6 is 0 Å². The monoisotopic (exact) mass is 297 g/mol. The van der Waals surface area contributed by atoms with E-state index in [-0.39, 0.29) is 10.8 Å². The molecule has 3 aliphatic carbocycles. The van der Waals surface area contributed by atoms with Crippen molar-refractivity contribution >= 4 is 0 Å². The zero-order valence-corrected chi connectivity index (χ0v) is 13.4. The Hall–Kier alpha value is -1.58. The third-order valence-electron chi connectivity index (χ3n) is 6.73. The number of fused-ring (bicyclic) bond motifs is 6. The number of hydrogen-bond acceptors (Lipinski definition) is 3. The fourth-order valence-corrected chi connectivity index (χ4v) is 6.01. The molecule has 1 spiro atoms. The van der Waals surface area contributed by atoms with Crippen molar-refractivity contribution < 1.29 is 4.52 Å². The second kappa shape index (κ2) is 4.03. The van der Waals surface area contributed by atoms with E-state index in [0.717, 1.165) is 12.8 Å². The Kier molecular flexibility index (Phi) is 2.37. The first-order valence-electron chi connectivity index (χ1n) is 8.60. The van der Waals surface area contributed by atoms with Gasteiger partial charge in [-0.15, -0.1) is 0 Å². The average molecular weight is 297 g/mol. The van der Waals surface area contributed by atoms with Crippen molar-refractivity contribution in [2.45, 2.75) is 62.7 Å². The summed E-state index contributed by atoms with van der Waals surface area (Å²) in [4.78, 5) is 0. The van der Waals surface area contributed by atoms with Gasteiger partial charge < -0.3 is 4.52 Å². The summed E-state index contributed by atoms with van der Waals surface area (Å²) in [5, 5.41) is 9.06. The molecule has 4 heteroatoms. The Morgan fingerprint density at radius 3 is 2.91 bits per heavy atom. The van der Waals surface area contributed by atoms with Gasteiger partial charge in [0.15, 0.2) is 0 Å². The van der Waals surface area contributed by atoms with E-state index in [2.05, 4.69) is 25.3 Å². The smallest absolute Gasteiger partial charge is 0.146 e. The Labute approximate surface area is 130 Å². The Bertz CT molecular complexity index is 737. The molecule has 2 aromatic rings. The van der Waals surface area contributed by atoms with E-state index in [1.807, 2.05) is 10.9 Å². The number of rotatable bonds is 0. The summed E-state index contributed by atoms with van der Waals surface area (Å²) in [7, 11) is 2.05. The van der Waals surface area contributed by atoms with Crippen LogP contribution in [-0.4, -0.2) is 14.9 Å². The predicted octanol–water partition coefficient (Wildman–Crippen LogP) is 3.30. The van der Waals surface area contributed by atoms with Gasteiger partial charge in [-0.1, -0.05) is 24.9 Å². The van der Waals surface area contributed by atoms with Gasteiger partial charge in [0.2, 0.25) is 0 Å². The molecule has 1 fully saturated rings. The zero-order chi connectivity index (χ0) is 14.9. The van der Waals surface area contributed by atoms with Crippen molar-refractivity contribution in [2.75, 3.05) is 0 Å². The summed E-state index contributed by atoms with van der Waals surface area (Å²) >= 11 is 0. The lowest BCUT2D eigenvalue weighted by molar-refractivity contribution is 0.0871. The van der Waals surface area contributed by atoms with Crippen molar-refractivity contribution in [3.05, 3.63) is 35.0 Å². The second-order valence-corrected chi connectivity index (χ2v) is 7.91. The lowest BCUT2D eigenvalue weighted by atomic mass is 9.50. The summed E-state index contributed by atoms with van der Waals surface area (Å²) in [6, 6.07) is 0. The lowest BCUT2D eigenvalue weighted by Crippen LogP contribution is -2.52. The predicted molar refractivity (Wildman–Crippen MR) is 82.7 cm³/mol. The SMILES string of the molecule is Cn1cc2c(n1)[C@@]1(C)Cc3cnoc3C3(CCCC3)[C@@H]1CC2. The Balaban J connectivity index is 1.75. The summed E-state index contributed by atoms with van der Waals surface area (Å²) in [6.07, 6.45) is 12.8. The van der Waals surface area contributed by atoms with Gasteiger partial charge in [-0.05, 0) is 43.6 Å². The van der Waals surface area contributed by atoms with Crippen LogP contribution in [0.3, 0.4) is 0 Å². The quantitative estimate of drug-likeness (QED) is 0.749. The number of hydrogen-bond donors (Lipinski definition) is 0. The molecule has 0 N–H and O–H groups in total. The van der Waals surface area contributed by atoms with Crippen LogP contribution in [0.5, 0.6) is 0 Å². The van der Waals surface area contributed by atoms with Crippen LogP contribution in [0, 0.1) is 5.92 Å². The maximum atomic E-state index is 5.81. The first-order chi connectivity index (χ1) is 10.6. The molecule has 22 heavy (non-hydrogen) atoms. The van der Waals surface area contributed by atoms with Gasteiger partial charge in [0, 0.05) is 29.6 Å². The molecule has 3 aliphatic rings. The first kappa shape index (κ1) is 12.9. The standard InChI is InChI=1S/C18H23N3O/c1-17-9-13-10-19-22-16(13)18(7-3-4-8-18)14(17)6-5-12-11-21(2)20-15(12)17/h10-11,14H,3-9H2,1-2H3/t14-,17+/m1/s1. The van der Waals surface area contributed by atoms with Crippen molar-refractivity contribution in [2.24, 2.45) is 13.0 Å². The molecule has 116 valence electrons. The van der Waals surface area contributed by atoms with Crippen LogP contribution in [0.4, 0.5) is 0 Å². The maximum Gasteiger partial charge on any atom is 0.146 e. The molecule has 0 bridgehead atoms. The van der Waals surface area contributed by atoms with Crippen LogP contribution in [0.2, 0.25) is 0 Å². The first-order valence-corrected chi connectivity index (χ1v) is 8.60. The number of aromatic nitrogens is 3. The molecule has 0 aromatic carbocycles. The van der Waals surface area contributed by atoms with E-state index in [0.29, 0.717) is 5.92 Å². The van der Waals surface area contributed by atoms with Crippen LogP contribution in [-0.2, 0) is 30.7 Å². The maximum absolute atomic E-state index is 5.81. The summed E-state index contributed by atoms with van der Waals surface area (Å²) in [6.45, 7) is 2.44. The highest BCUT2D eigenvalue weighted by Gasteiger charge is 2.59. The summed E-state index contributed by atoms with van der Waals surface area (Å²) in [5.41, 5.74) is 4.48. The van der Waals surface area contributed by atoms with E-state index in [4.69, 9.17) is 9.62 Å². The molecule has 0 amide bonds. The molecule has 0 radical (unpaired) electrons. The minimum Gasteiger partial charge on any atom is -0.361 e. The van der Waals surface area contributed by atoms with Crippen molar-refractivity contribution in [3.8, 4) is 0 Å². The Morgan fingerprint density at radius 2 is 2.09 bits per heavy atom. The van der Waals surface area contributed by atoms with E-state index >= 15 is 0 Å². The van der Waals surface area contributed by atoms with Gasteiger partial charge in [0.25, 0.3) is 0 Å². The molecule has 0 aliphatic heterocycles. The largest absolute Gasteiger partial charge is 0.361 e. The van der Waals surface area contributed by atoms with E-state index in [1.165, 1.54) is 54.7 Å². The highest BCUT2D eigenvalue weighted by Crippen LogP contribution is 2.61. The molecule has 4 nitrogen and oxygen atoms in total. The van der Waals surface area contributed by atoms with E-state index < -0.39 is 0 Å². The van der Waals surface area contributed by atoms with Crippen LogP contribution in [0.25, 0.3) is 0 Å².